The van der Waals surface area contributed by atoms with Crippen LogP contribution in [0.5, 0.6) is 0 Å². The van der Waals surface area contributed by atoms with Crippen LogP contribution < -0.4 is 10.2 Å². The van der Waals surface area contributed by atoms with Gasteiger partial charge in [0.15, 0.2) is 0 Å². The molecule has 0 spiro atoms. The number of anilines is 2. The lowest BCUT2D eigenvalue weighted by Gasteiger charge is -2.33. The monoisotopic (exact) mass is 322 g/mol. The maximum Gasteiger partial charge on any atom is 0.417 e. The molecule has 2 aromatic heterocycles. The highest BCUT2D eigenvalue weighted by Gasteiger charge is 2.30. The molecular weight excluding hydrogens is 305 g/mol. The van der Waals surface area contributed by atoms with E-state index in [1.165, 1.54) is 6.07 Å². The molecule has 0 saturated carbocycles. The lowest BCUT2D eigenvalue weighted by Crippen LogP contribution is -2.39. The number of pyridine rings is 2. The van der Waals surface area contributed by atoms with Crippen molar-refractivity contribution in [1.82, 2.24) is 9.97 Å². The van der Waals surface area contributed by atoms with Gasteiger partial charge in [-0.15, -0.1) is 0 Å². The van der Waals surface area contributed by atoms with E-state index >= 15 is 0 Å². The highest BCUT2D eigenvalue weighted by atomic mass is 19.4. The molecule has 3 rings (SSSR count). The number of alkyl halides is 3. The second kappa shape index (κ2) is 6.44. The Bertz CT molecular complexity index is 620. The first-order valence-corrected chi connectivity index (χ1v) is 7.48. The predicted octanol–water partition coefficient (Wildman–Crippen LogP) is 3.58. The van der Waals surface area contributed by atoms with Gasteiger partial charge < -0.3 is 10.2 Å². The minimum absolute atomic E-state index is 0.208. The first-order chi connectivity index (χ1) is 11.0. The molecule has 0 radical (unpaired) electrons. The largest absolute Gasteiger partial charge is 0.417 e. The predicted molar refractivity (Wildman–Crippen MR) is 82.3 cm³/mol. The Balaban J connectivity index is 1.55. The lowest BCUT2D eigenvalue weighted by molar-refractivity contribution is -0.137. The van der Waals surface area contributed by atoms with E-state index in [0.717, 1.165) is 44.0 Å². The Morgan fingerprint density at radius 3 is 2.39 bits per heavy atom. The van der Waals surface area contributed by atoms with Crippen LogP contribution in [0, 0.1) is 0 Å². The number of nitrogens with one attached hydrogen (secondary N) is 1. The fourth-order valence-electron chi connectivity index (χ4n) is 2.65. The van der Waals surface area contributed by atoms with Gasteiger partial charge in [-0.3, -0.25) is 0 Å². The van der Waals surface area contributed by atoms with E-state index in [1.807, 2.05) is 18.2 Å². The summed E-state index contributed by atoms with van der Waals surface area (Å²) in [4.78, 5) is 10.4. The van der Waals surface area contributed by atoms with Gasteiger partial charge in [-0.1, -0.05) is 6.07 Å². The molecule has 0 aromatic carbocycles. The Hall–Kier alpha value is -2.31. The Kier molecular flexibility index (Phi) is 4.36. The number of hydrogen-bond acceptors (Lipinski definition) is 4. The maximum absolute atomic E-state index is 12.5. The minimum atomic E-state index is -4.35. The molecule has 1 N–H and O–H groups in total. The first-order valence-electron chi connectivity index (χ1n) is 7.48. The number of hydrogen-bond donors (Lipinski definition) is 1. The van der Waals surface area contributed by atoms with E-state index in [-0.39, 0.29) is 6.04 Å². The zero-order valence-electron chi connectivity index (χ0n) is 12.4. The topological polar surface area (TPSA) is 41.0 Å². The molecule has 3 heterocycles. The molecule has 1 aliphatic rings. The maximum atomic E-state index is 12.5. The summed E-state index contributed by atoms with van der Waals surface area (Å²) < 4.78 is 37.5. The lowest BCUT2D eigenvalue weighted by atomic mass is 10.0. The fourth-order valence-corrected chi connectivity index (χ4v) is 2.65. The quantitative estimate of drug-likeness (QED) is 0.938. The zero-order valence-corrected chi connectivity index (χ0v) is 12.4. The molecule has 0 bridgehead atoms. The fraction of sp³-hybridized carbons (Fsp3) is 0.375. The Morgan fingerprint density at radius 2 is 1.83 bits per heavy atom. The van der Waals surface area contributed by atoms with Crippen molar-refractivity contribution in [2.24, 2.45) is 0 Å². The van der Waals surface area contributed by atoms with Crippen LogP contribution in [-0.4, -0.2) is 29.1 Å². The number of halogens is 3. The molecule has 1 saturated heterocycles. The molecule has 0 amide bonds. The van der Waals surface area contributed by atoms with Crippen molar-refractivity contribution in [2.75, 3.05) is 23.3 Å². The normalized spacial score (nSPS) is 16.4. The van der Waals surface area contributed by atoms with Gasteiger partial charge in [-0.25, -0.2) is 9.97 Å². The van der Waals surface area contributed by atoms with Gasteiger partial charge in [-0.05, 0) is 37.1 Å². The van der Waals surface area contributed by atoms with Crippen LogP contribution in [0.2, 0.25) is 0 Å². The van der Waals surface area contributed by atoms with Gasteiger partial charge in [0.1, 0.15) is 11.6 Å². The molecule has 122 valence electrons. The smallest absolute Gasteiger partial charge is 0.367 e. The molecule has 4 nitrogen and oxygen atoms in total. The van der Waals surface area contributed by atoms with E-state index in [1.54, 1.807) is 6.20 Å². The molecular formula is C16H17F3N4. The van der Waals surface area contributed by atoms with Gasteiger partial charge in [0.25, 0.3) is 0 Å². The van der Waals surface area contributed by atoms with E-state index in [9.17, 15) is 13.2 Å². The summed E-state index contributed by atoms with van der Waals surface area (Å²) in [6, 6.07) is 8.46. The van der Waals surface area contributed by atoms with Crippen molar-refractivity contribution in [3.8, 4) is 0 Å². The summed E-state index contributed by atoms with van der Waals surface area (Å²) in [6.07, 6.45) is 0.0647. The van der Waals surface area contributed by atoms with Gasteiger partial charge >= 0.3 is 6.18 Å². The Morgan fingerprint density at radius 1 is 1.04 bits per heavy atom. The summed E-state index contributed by atoms with van der Waals surface area (Å²) in [6.45, 7) is 1.71. The molecule has 23 heavy (non-hydrogen) atoms. The van der Waals surface area contributed by atoms with Crippen LogP contribution >= 0.6 is 0 Å². The zero-order chi connectivity index (χ0) is 16.3. The average molecular weight is 322 g/mol. The third-order valence-electron chi connectivity index (χ3n) is 3.91. The molecule has 0 aliphatic carbocycles. The summed E-state index contributed by atoms with van der Waals surface area (Å²) in [7, 11) is 0. The highest BCUT2D eigenvalue weighted by Crippen LogP contribution is 2.29. The van der Waals surface area contributed by atoms with Gasteiger partial charge in [-0.2, -0.15) is 13.2 Å². The molecule has 1 aliphatic heterocycles. The SMILES string of the molecule is FC(F)(F)c1ccc(NC2CCN(c3ccccn3)CC2)nc1. The number of nitrogens with zero attached hydrogens (tertiary/aromatic N) is 3. The standard InChI is InChI=1S/C16H17F3N4/c17-16(18,19)12-4-5-14(21-11-12)22-13-6-9-23(10-7-13)15-3-1-2-8-20-15/h1-5,8,11,13H,6-7,9-10H2,(H,21,22). The van der Waals surface area contributed by atoms with Crippen molar-refractivity contribution in [1.29, 1.82) is 0 Å². The van der Waals surface area contributed by atoms with Gasteiger partial charge in [0, 0.05) is 31.5 Å². The summed E-state index contributed by atoms with van der Waals surface area (Å²) in [5, 5.41) is 3.21. The first kappa shape index (κ1) is 15.6. The van der Waals surface area contributed by atoms with Crippen LogP contribution in [0.3, 0.4) is 0 Å². The number of rotatable bonds is 3. The molecule has 7 heteroatoms. The second-order valence-corrected chi connectivity index (χ2v) is 5.52. The van der Waals surface area contributed by atoms with E-state index in [0.29, 0.717) is 5.82 Å². The van der Waals surface area contributed by atoms with Crippen LogP contribution in [0.15, 0.2) is 42.7 Å². The number of aromatic nitrogens is 2. The summed E-state index contributed by atoms with van der Waals surface area (Å²) in [5.74, 6) is 1.44. The van der Waals surface area contributed by atoms with Crippen LogP contribution in [0.25, 0.3) is 0 Å². The molecule has 2 aromatic rings. The summed E-state index contributed by atoms with van der Waals surface area (Å²) in [5.41, 5.74) is -0.729. The molecule has 0 unspecified atom stereocenters. The van der Waals surface area contributed by atoms with Gasteiger partial charge in [0.05, 0.1) is 5.56 Å². The summed E-state index contributed by atoms with van der Waals surface area (Å²) >= 11 is 0. The van der Waals surface area contributed by atoms with Crippen molar-refractivity contribution < 1.29 is 13.2 Å². The van der Waals surface area contributed by atoms with E-state index in [2.05, 4.69) is 20.2 Å². The van der Waals surface area contributed by atoms with Crippen molar-refractivity contribution >= 4 is 11.6 Å². The Labute approximate surface area is 132 Å². The van der Waals surface area contributed by atoms with Crippen LogP contribution in [0.1, 0.15) is 18.4 Å². The van der Waals surface area contributed by atoms with Gasteiger partial charge in [0.2, 0.25) is 0 Å². The second-order valence-electron chi connectivity index (χ2n) is 5.52. The minimum Gasteiger partial charge on any atom is -0.367 e. The molecule has 1 fully saturated rings. The highest BCUT2D eigenvalue weighted by molar-refractivity contribution is 5.40. The van der Waals surface area contributed by atoms with Crippen molar-refractivity contribution in [3.63, 3.8) is 0 Å². The molecule has 0 atom stereocenters. The van der Waals surface area contributed by atoms with Crippen molar-refractivity contribution in [3.05, 3.63) is 48.3 Å². The van der Waals surface area contributed by atoms with E-state index < -0.39 is 11.7 Å². The van der Waals surface area contributed by atoms with E-state index in [4.69, 9.17) is 0 Å². The third kappa shape index (κ3) is 3.91. The van der Waals surface area contributed by atoms with Crippen LogP contribution in [0.4, 0.5) is 24.8 Å². The number of piperidine rings is 1. The van der Waals surface area contributed by atoms with Crippen LogP contribution in [-0.2, 0) is 6.18 Å². The average Bonchev–Trinajstić information content (AvgIpc) is 2.56. The third-order valence-corrected chi connectivity index (χ3v) is 3.91. The van der Waals surface area contributed by atoms with Crippen molar-refractivity contribution in [2.45, 2.75) is 25.1 Å².